The fourth-order valence-corrected chi connectivity index (χ4v) is 2.10. The van der Waals surface area contributed by atoms with E-state index in [2.05, 4.69) is 31.2 Å². The first-order valence-electron chi connectivity index (χ1n) is 6.54. The van der Waals surface area contributed by atoms with E-state index in [0.717, 1.165) is 12.2 Å². The monoisotopic (exact) mass is 331 g/mol. The van der Waals surface area contributed by atoms with Crippen LogP contribution in [-0.4, -0.2) is 56.4 Å². The van der Waals surface area contributed by atoms with Crippen LogP contribution in [-0.2, 0) is 9.59 Å². The second-order valence-electron chi connectivity index (χ2n) is 4.36. The van der Waals surface area contributed by atoms with E-state index in [-0.39, 0.29) is 0 Å². The summed E-state index contributed by atoms with van der Waals surface area (Å²) in [5, 5.41) is 32.5. The van der Waals surface area contributed by atoms with Gasteiger partial charge in [-0.25, -0.2) is 9.59 Å². The number of thioether (sulfide) groups is 1. The fourth-order valence-electron chi connectivity index (χ4n) is 1.11. The summed E-state index contributed by atoms with van der Waals surface area (Å²) in [6, 6.07) is 10.7. The molecular formula is C14H21NO6S. The lowest BCUT2D eigenvalue weighted by Crippen LogP contribution is -2.39. The molecule has 0 radical (unpaired) electrons. The molecule has 7 nitrogen and oxygen atoms in total. The Kier molecular flexibility index (Phi) is 10.2. The van der Waals surface area contributed by atoms with Crippen molar-refractivity contribution in [3.05, 3.63) is 30.3 Å². The van der Waals surface area contributed by atoms with Gasteiger partial charge in [-0.2, -0.15) is 0 Å². The molecule has 0 aliphatic carbocycles. The third kappa shape index (κ3) is 8.63. The Morgan fingerprint density at radius 2 is 1.55 bits per heavy atom. The molecule has 0 aromatic heterocycles. The van der Waals surface area contributed by atoms with Crippen LogP contribution in [0.2, 0.25) is 0 Å². The standard InChI is InChI=1S/C10H15NS.C4H6O6/c1-2-9(11)8-12-10-6-4-3-5-7-10;5-1(3(7)8)2(6)4(9)10/h3-7,9H,2,8,11H2,1H3;1-2,5-6H,(H,7,8)(H,9,10)/t;1-,2-/m.1/s1. The van der Waals surface area contributed by atoms with E-state index >= 15 is 0 Å². The van der Waals surface area contributed by atoms with Crippen LogP contribution in [0, 0.1) is 0 Å². The molecule has 1 unspecified atom stereocenters. The van der Waals surface area contributed by atoms with Crippen LogP contribution < -0.4 is 5.73 Å². The van der Waals surface area contributed by atoms with Gasteiger partial charge in [-0.15, -0.1) is 11.8 Å². The summed E-state index contributed by atoms with van der Waals surface area (Å²) in [5.74, 6) is -2.52. The molecule has 0 saturated carbocycles. The number of carboxylic acids is 2. The molecule has 0 amide bonds. The third-order valence-corrected chi connectivity index (χ3v) is 3.74. The van der Waals surface area contributed by atoms with Crippen molar-refractivity contribution in [3.63, 3.8) is 0 Å². The minimum atomic E-state index is -2.27. The van der Waals surface area contributed by atoms with Crippen LogP contribution in [0.1, 0.15) is 13.3 Å². The zero-order valence-corrected chi connectivity index (χ0v) is 12.9. The van der Waals surface area contributed by atoms with Gasteiger partial charge in [0, 0.05) is 16.7 Å². The zero-order chi connectivity index (χ0) is 17.1. The molecule has 1 rings (SSSR count). The van der Waals surface area contributed by atoms with Crippen LogP contribution in [0.25, 0.3) is 0 Å². The Morgan fingerprint density at radius 1 is 1.09 bits per heavy atom. The van der Waals surface area contributed by atoms with Crippen molar-refractivity contribution in [3.8, 4) is 0 Å². The molecule has 124 valence electrons. The van der Waals surface area contributed by atoms with Crippen LogP contribution in [0.15, 0.2) is 35.2 Å². The van der Waals surface area contributed by atoms with Crippen molar-refractivity contribution in [1.82, 2.24) is 0 Å². The Labute approximate surface area is 132 Å². The van der Waals surface area contributed by atoms with Crippen LogP contribution >= 0.6 is 11.8 Å². The van der Waals surface area contributed by atoms with Crippen LogP contribution in [0.4, 0.5) is 0 Å². The van der Waals surface area contributed by atoms with Gasteiger partial charge in [0.2, 0.25) is 0 Å². The maximum Gasteiger partial charge on any atom is 0.335 e. The first-order chi connectivity index (χ1) is 10.3. The number of aliphatic hydroxyl groups excluding tert-OH is 2. The number of carbonyl (C=O) groups is 2. The number of benzene rings is 1. The van der Waals surface area contributed by atoms with Gasteiger partial charge in [0.1, 0.15) is 0 Å². The Morgan fingerprint density at radius 3 is 1.91 bits per heavy atom. The van der Waals surface area contributed by atoms with Gasteiger partial charge in [0.05, 0.1) is 0 Å². The highest BCUT2D eigenvalue weighted by molar-refractivity contribution is 7.99. The zero-order valence-electron chi connectivity index (χ0n) is 12.1. The molecule has 6 N–H and O–H groups in total. The number of nitrogens with two attached hydrogens (primary N) is 1. The van der Waals surface area contributed by atoms with Crippen molar-refractivity contribution in [2.45, 2.75) is 36.5 Å². The minimum absolute atomic E-state index is 0.329. The first-order valence-corrected chi connectivity index (χ1v) is 7.53. The summed E-state index contributed by atoms with van der Waals surface area (Å²) in [6.45, 7) is 2.12. The van der Waals surface area contributed by atoms with E-state index in [1.807, 2.05) is 17.8 Å². The number of hydrogen-bond acceptors (Lipinski definition) is 6. The highest BCUT2D eigenvalue weighted by Gasteiger charge is 2.29. The smallest absolute Gasteiger partial charge is 0.335 e. The van der Waals surface area contributed by atoms with Crippen molar-refractivity contribution >= 4 is 23.7 Å². The van der Waals surface area contributed by atoms with E-state index in [4.69, 9.17) is 26.2 Å². The number of carboxylic acid groups (broad SMARTS) is 2. The van der Waals surface area contributed by atoms with Crippen LogP contribution in [0.3, 0.4) is 0 Å². The maximum absolute atomic E-state index is 9.77. The summed E-state index contributed by atoms with van der Waals surface area (Å²) < 4.78 is 0. The molecule has 1 aromatic carbocycles. The van der Waals surface area contributed by atoms with Crippen molar-refractivity contribution in [2.75, 3.05) is 5.75 Å². The van der Waals surface area contributed by atoms with E-state index in [9.17, 15) is 9.59 Å². The molecule has 0 saturated heterocycles. The van der Waals surface area contributed by atoms with Gasteiger partial charge >= 0.3 is 11.9 Å². The molecule has 0 aliphatic rings. The normalized spacial score (nSPS) is 14.2. The summed E-state index contributed by atoms with van der Waals surface area (Å²) in [5.41, 5.74) is 5.80. The second kappa shape index (κ2) is 11.0. The molecule has 3 atom stereocenters. The maximum atomic E-state index is 9.77. The molecule has 22 heavy (non-hydrogen) atoms. The van der Waals surface area contributed by atoms with E-state index < -0.39 is 24.1 Å². The lowest BCUT2D eigenvalue weighted by molar-refractivity contribution is -0.165. The SMILES string of the molecule is CCC(N)CSc1ccccc1.O=C(O)[C@H](O)[C@@H](O)C(=O)O. The molecule has 0 bridgehead atoms. The first kappa shape index (κ1) is 20.4. The number of aliphatic carboxylic acids is 2. The average molecular weight is 331 g/mol. The number of rotatable bonds is 7. The number of hydrogen-bond donors (Lipinski definition) is 5. The fraction of sp³-hybridized carbons (Fsp3) is 0.429. The van der Waals surface area contributed by atoms with Gasteiger partial charge in [-0.05, 0) is 18.6 Å². The van der Waals surface area contributed by atoms with Gasteiger partial charge in [0.15, 0.2) is 12.2 Å². The highest BCUT2D eigenvalue weighted by atomic mass is 32.2. The second-order valence-corrected chi connectivity index (χ2v) is 5.45. The minimum Gasteiger partial charge on any atom is -0.479 e. The molecule has 0 heterocycles. The predicted molar refractivity (Wildman–Crippen MR) is 82.7 cm³/mol. The van der Waals surface area contributed by atoms with Gasteiger partial charge in [0.25, 0.3) is 0 Å². The molecule has 0 fully saturated rings. The largest absolute Gasteiger partial charge is 0.479 e. The van der Waals surface area contributed by atoms with Gasteiger partial charge in [-0.1, -0.05) is 25.1 Å². The third-order valence-electron chi connectivity index (χ3n) is 2.54. The summed E-state index contributed by atoms with van der Waals surface area (Å²) in [6.07, 6.45) is -3.48. The Balaban J connectivity index is 0.000000409. The highest BCUT2D eigenvalue weighted by Crippen LogP contribution is 2.17. The summed E-state index contributed by atoms with van der Waals surface area (Å²) in [7, 11) is 0. The van der Waals surface area contributed by atoms with E-state index in [1.165, 1.54) is 4.90 Å². The van der Waals surface area contributed by atoms with E-state index in [1.54, 1.807) is 0 Å². The van der Waals surface area contributed by atoms with Gasteiger partial charge < -0.3 is 26.2 Å². The molecule has 8 heteroatoms. The quantitative estimate of drug-likeness (QED) is 0.452. The van der Waals surface area contributed by atoms with Crippen molar-refractivity contribution in [1.29, 1.82) is 0 Å². The van der Waals surface area contributed by atoms with E-state index in [0.29, 0.717) is 6.04 Å². The Bertz CT molecular complexity index is 438. The molecular weight excluding hydrogens is 310 g/mol. The van der Waals surface area contributed by atoms with Crippen molar-refractivity contribution in [2.24, 2.45) is 5.73 Å². The molecule has 0 aliphatic heterocycles. The topological polar surface area (TPSA) is 141 Å². The lowest BCUT2D eigenvalue weighted by Gasteiger charge is -2.07. The predicted octanol–water partition coefficient (Wildman–Crippen LogP) is 0.393. The van der Waals surface area contributed by atoms with Crippen molar-refractivity contribution < 1.29 is 30.0 Å². The molecule has 0 spiro atoms. The lowest BCUT2D eigenvalue weighted by atomic mass is 10.2. The van der Waals surface area contributed by atoms with Crippen LogP contribution in [0.5, 0.6) is 0 Å². The molecule has 1 aromatic rings. The average Bonchev–Trinajstić information content (AvgIpc) is 2.52. The summed E-state index contributed by atoms with van der Waals surface area (Å²) >= 11 is 1.83. The Hall–Kier alpha value is -1.61. The summed E-state index contributed by atoms with van der Waals surface area (Å²) in [4.78, 5) is 20.9. The number of aliphatic hydroxyl groups is 2. The van der Waals surface area contributed by atoms with Gasteiger partial charge in [-0.3, -0.25) is 0 Å².